The third-order valence-corrected chi connectivity index (χ3v) is 9.25. The molecule has 0 amide bonds. The number of aliphatic hydroxyl groups is 1. The molecule has 6 heteroatoms. The van der Waals surface area contributed by atoms with Gasteiger partial charge in [-0.2, -0.15) is 0 Å². The molecule has 8 atom stereocenters. The van der Waals surface area contributed by atoms with Crippen LogP contribution in [0.5, 0.6) is 0 Å². The number of hydrogen-bond donors (Lipinski definition) is 2. The second kappa shape index (κ2) is 6.82. The van der Waals surface area contributed by atoms with Gasteiger partial charge in [0.15, 0.2) is 0 Å². The van der Waals surface area contributed by atoms with Crippen LogP contribution in [0, 0.1) is 50.5 Å². The molecule has 4 aliphatic rings. The molecule has 0 aromatic heterocycles. The summed E-state index contributed by atoms with van der Waals surface area (Å²) >= 11 is 0. The normalized spacial score (nSPS) is 48.3. The Balaban J connectivity index is 1.69. The quantitative estimate of drug-likeness (QED) is 0.247. The first-order valence-corrected chi connectivity index (χ1v) is 10.9. The first-order valence-electron chi connectivity index (χ1n) is 10.9. The first-order chi connectivity index (χ1) is 13.2. The van der Waals surface area contributed by atoms with Crippen LogP contribution < -0.4 is 0 Å². The fourth-order valence-corrected chi connectivity index (χ4v) is 8.07. The predicted octanol–water partition coefficient (Wildman–Crippen LogP) is 4.28. The Hall–Kier alpha value is -1.43. The maximum absolute atomic E-state index is 11.3. The van der Waals surface area contributed by atoms with E-state index in [0.29, 0.717) is 23.5 Å². The van der Waals surface area contributed by atoms with Gasteiger partial charge >= 0.3 is 0 Å². The number of fused-ring (bicyclic) bond motifs is 5. The van der Waals surface area contributed by atoms with Crippen molar-refractivity contribution in [2.24, 2.45) is 45.6 Å². The summed E-state index contributed by atoms with van der Waals surface area (Å²) in [6, 6.07) is 0. The second-order valence-electron chi connectivity index (χ2n) is 10.4. The molecule has 0 radical (unpaired) electrons. The average Bonchev–Trinajstić information content (AvgIpc) is 2.93. The number of rotatable bonds is 3. The SMILES string of the molecule is CC(=NO)C1[C@@H](C[N+](=O)[O-])CC2C3CC=C4CC(O)CC[C@]4(C)C3CC[C@@]21C. The summed E-state index contributed by atoms with van der Waals surface area (Å²) in [6.45, 7) is 6.48. The summed E-state index contributed by atoms with van der Waals surface area (Å²) in [5.74, 6) is 1.50. The molecule has 156 valence electrons. The highest BCUT2D eigenvalue weighted by molar-refractivity contribution is 5.85. The van der Waals surface area contributed by atoms with E-state index in [1.807, 2.05) is 6.92 Å². The molecule has 0 aliphatic heterocycles. The minimum atomic E-state index is -0.200. The Morgan fingerprint density at radius 1 is 1.32 bits per heavy atom. The van der Waals surface area contributed by atoms with Crippen LogP contribution in [-0.4, -0.2) is 33.6 Å². The van der Waals surface area contributed by atoms with Crippen LogP contribution in [0.4, 0.5) is 0 Å². The summed E-state index contributed by atoms with van der Waals surface area (Å²) in [5, 5.41) is 34.5. The molecule has 28 heavy (non-hydrogen) atoms. The Morgan fingerprint density at radius 2 is 2.07 bits per heavy atom. The van der Waals surface area contributed by atoms with Crippen molar-refractivity contribution < 1.29 is 15.2 Å². The minimum absolute atomic E-state index is 0.0137. The molecule has 0 spiro atoms. The van der Waals surface area contributed by atoms with E-state index in [1.54, 1.807) is 0 Å². The van der Waals surface area contributed by atoms with Crippen molar-refractivity contribution in [2.75, 3.05) is 6.54 Å². The molecule has 0 heterocycles. The van der Waals surface area contributed by atoms with Gasteiger partial charge in [0.2, 0.25) is 6.54 Å². The van der Waals surface area contributed by atoms with Crippen molar-refractivity contribution in [3.05, 3.63) is 21.8 Å². The van der Waals surface area contributed by atoms with Gasteiger partial charge in [-0.05, 0) is 80.5 Å². The van der Waals surface area contributed by atoms with Crippen molar-refractivity contribution in [3.63, 3.8) is 0 Å². The number of nitrogens with zero attached hydrogens (tertiary/aromatic N) is 2. The lowest BCUT2D eigenvalue weighted by molar-refractivity contribution is -0.489. The van der Waals surface area contributed by atoms with Gasteiger partial charge in [-0.1, -0.05) is 30.7 Å². The number of aliphatic hydroxyl groups excluding tert-OH is 1. The third kappa shape index (κ3) is 2.82. The van der Waals surface area contributed by atoms with Crippen molar-refractivity contribution in [1.29, 1.82) is 0 Å². The molecule has 0 saturated heterocycles. The lowest BCUT2D eigenvalue weighted by Gasteiger charge is -2.58. The van der Waals surface area contributed by atoms with E-state index in [2.05, 4.69) is 25.1 Å². The summed E-state index contributed by atoms with van der Waals surface area (Å²) in [4.78, 5) is 11.2. The molecule has 3 fully saturated rings. The van der Waals surface area contributed by atoms with Crippen molar-refractivity contribution in [3.8, 4) is 0 Å². The maximum Gasteiger partial charge on any atom is 0.207 e. The molecule has 4 rings (SSSR count). The van der Waals surface area contributed by atoms with E-state index in [9.17, 15) is 20.4 Å². The van der Waals surface area contributed by atoms with Crippen LogP contribution in [0.25, 0.3) is 0 Å². The van der Waals surface area contributed by atoms with E-state index < -0.39 is 0 Å². The number of nitro groups is 1. The lowest BCUT2D eigenvalue weighted by Crippen LogP contribution is -2.51. The van der Waals surface area contributed by atoms with Gasteiger partial charge in [-0.25, -0.2) is 0 Å². The van der Waals surface area contributed by atoms with E-state index >= 15 is 0 Å². The van der Waals surface area contributed by atoms with E-state index in [1.165, 1.54) is 5.57 Å². The second-order valence-corrected chi connectivity index (χ2v) is 10.4. The number of hydrogen-bond acceptors (Lipinski definition) is 5. The van der Waals surface area contributed by atoms with Crippen LogP contribution in [0.3, 0.4) is 0 Å². The summed E-state index contributed by atoms with van der Waals surface area (Å²) < 4.78 is 0. The average molecular weight is 391 g/mol. The molecule has 2 N–H and O–H groups in total. The number of allylic oxidation sites excluding steroid dienone is 1. The van der Waals surface area contributed by atoms with Gasteiger partial charge in [-0.15, -0.1) is 0 Å². The van der Waals surface area contributed by atoms with Gasteiger partial charge in [0.1, 0.15) is 0 Å². The van der Waals surface area contributed by atoms with Crippen LogP contribution in [-0.2, 0) is 0 Å². The zero-order valence-electron chi connectivity index (χ0n) is 17.3. The molecule has 0 bridgehead atoms. The molecule has 5 unspecified atom stereocenters. The van der Waals surface area contributed by atoms with Gasteiger partial charge in [0.05, 0.1) is 11.8 Å². The monoisotopic (exact) mass is 390 g/mol. The lowest BCUT2D eigenvalue weighted by atomic mass is 9.47. The summed E-state index contributed by atoms with van der Waals surface area (Å²) in [5.41, 5.74) is 2.24. The Bertz CT molecular complexity index is 719. The highest BCUT2D eigenvalue weighted by Gasteiger charge is 2.62. The van der Waals surface area contributed by atoms with Gasteiger partial charge in [-0.3, -0.25) is 10.1 Å². The third-order valence-electron chi connectivity index (χ3n) is 9.25. The smallest absolute Gasteiger partial charge is 0.207 e. The number of oxime groups is 1. The fourth-order valence-electron chi connectivity index (χ4n) is 8.07. The van der Waals surface area contributed by atoms with Crippen LogP contribution in [0.15, 0.2) is 16.8 Å². The van der Waals surface area contributed by atoms with E-state index in [0.717, 1.165) is 44.9 Å². The summed E-state index contributed by atoms with van der Waals surface area (Å²) in [7, 11) is 0. The fraction of sp³-hybridized carbons (Fsp3) is 0.864. The van der Waals surface area contributed by atoms with Crippen LogP contribution >= 0.6 is 0 Å². The summed E-state index contributed by atoms with van der Waals surface area (Å²) in [6.07, 6.45) is 8.97. The van der Waals surface area contributed by atoms with Crippen molar-refractivity contribution in [2.45, 2.75) is 71.8 Å². The highest BCUT2D eigenvalue weighted by atomic mass is 16.6. The van der Waals surface area contributed by atoms with Crippen LogP contribution in [0.2, 0.25) is 0 Å². The topological polar surface area (TPSA) is 96.0 Å². The molecule has 3 saturated carbocycles. The van der Waals surface area contributed by atoms with Gasteiger partial charge in [0.25, 0.3) is 0 Å². The molecule has 0 aromatic rings. The maximum atomic E-state index is 11.3. The zero-order chi connectivity index (χ0) is 20.3. The van der Waals surface area contributed by atoms with Crippen molar-refractivity contribution >= 4 is 5.71 Å². The van der Waals surface area contributed by atoms with Gasteiger partial charge in [0, 0.05) is 16.8 Å². The Kier molecular flexibility index (Phi) is 4.84. The first kappa shape index (κ1) is 19.9. The molecule has 6 nitrogen and oxygen atoms in total. The zero-order valence-corrected chi connectivity index (χ0v) is 17.3. The Morgan fingerprint density at radius 3 is 2.75 bits per heavy atom. The molecular weight excluding hydrogens is 356 g/mol. The van der Waals surface area contributed by atoms with E-state index in [4.69, 9.17) is 0 Å². The highest BCUT2D eigenvalue weighted by Crippen LogP contribution is 2.67. The van der Waals surface area contributed by atoms with E-state index in [-0.39, 0.29) is 40.2 Å². The minimum Gasteiger partial charge on any atom is -0.411 e. The molecule has 0 aromatic carbocycles. The molecular formula is C22H34N2O4. The van der Waals surface area contributed by atoms with Gasteiger partial charge < -0.3 is 10.3 Å². The Labute approximate surface area is 167 Å². The predicted molar refractivity (Wildman–Crippen MR) is 107 cm³/mol. The van der Waals surface area contributed by atoms with Crippen LogP contribution in [0.1, 0.15) is 65.7 Å². The van der Waals surface area contributed by atoms with Crippen molar-refractivity contribution in [1.82, 2.24) is 0 Å². The largest absolute Gasteiger partial charge is 0.411 e. The standard InChI is InChI=1S/C22H34N2O4/c1-13(23-26)20-14(12-24(27)28)10-19-17-5-4-15-11-16(25)6-8-21(15,2)18(17)7-9-22(19,20)3/h4,14,16-20,25-26H,5-12H2,1-3H3/t14-,16?,17?,18?,19?,20?,21+,22+/m1/s1. The molecule has 4 aliphatic carbocycles.